The minimum absolute atomic E-state index is 0.0825. The number of halogens is 4. The zero-order valence-electron chi connectivity index (χ0n) is 16.3. The van der Waals surface area contributed by atoms with Crippen molar-refractivity contribution in [1.82, 2.24) is 20.0 Å². The van der Waals surface area contributed by atoms with E-state index in [0.29, 0.717) is 27.8 Å². The summed E-state index contributed by atoms with van der Waals surface area (Å²) in [7, 11) is 1.63. The van der Waals surface area contributed by atoms with Crippen molar-refractivity contribution in [2.24, 2.45) is 7.05 Å². The SMILES string of the molecule is Cn1ncc2cc(Nc3cccc4c3C(=O)N(CC(=O)NCC(F)(F)F)C4)cc(F)c21. The van der Waals surface area contributed by atoms with Gasteiger partial charge in [-0.05, 0) is 23.8 Å². The number of nitrogens with one attached hydrogen (secondary N) is 2. The topological polar surface area (TPSA) is 79.3 Å². The Morgan fingerprint density at radius 1 is 1.26 bits per heavy atom. The number of rotatable bonds is 5. The molecule has 0 saturated heterocycles. The molecule has 0 unspecified atom stereocenters. The third-order valence-electron chi connectivity index (χ3n) is 4.90. The predicted molar refractivity (Wildman–Crippen MR) is 104 cm³/mol. The summed E-state index contributed by atoms with van der Waals surface area (Å²) in [5.74, 6) is -1.89. The summed E-state index contributed by atoms with van der Waals surface area (Å²) in [5.41, 5.74) is 2.05. The molecular formula is C20H17F4N5O2. The van der Waals surface area contributed by atoms with Gasteiger partial charge in [0, 0.05) is 24.7 Å². The molecule has 1 aromatic heterocycles. The molecule has 0 fully saturated rings. The van der Waals surface area contributed by atoms with Crippen LogP contribution in [0.25, 0.3) is 10.9 Å². The Labute approximate surface area is 173 Å². The number of anilines is 2. The van der Waals surface area contributed by atoms with E-state index in [2.05, 4.69) is 10.4 Å². The normalized spacial score (nSPS) is 13.6. The van der Waals surface area contributed by atoms with Crippen LogP contribution in [0.3, 0.4) is 0 Å². The molecular weight excluding hydrogens is 418 g/mol. The Balaban J connectivity index is 1.54. The lowest BCUT2D eigenvalue weighted by Crippen LogP contribution is -2.41. The van der Waals surface area contributed by atoms with E-state index in [-0.39, 0.29) is 12.1 Å². The highest BCUT2D eigenvalue weighted by molar-refractivity contribution is 6.05. The van der Waals surface area contributed by atoms with Gasteiger partial charge in [0.15, 0.2) is 5.82 Å². The fraction of sp³-hybridized carbons (Fsp3) is 0.250. The summed E-state index contributed by atoms with van der Waals surface area (Å²) in [5, 5.41) is 9.37. The second-order valence-corrected chi connectivity index (χ2v) is 7.18. The van der Waals surface area contributed by atoms with Crippen molar-refractivity contribution in [2.75, 3.05) is 18.4 Å². The van der Waals surface area contributed by atoms with Gasteiger partial charge in [0.25, 0.3) is 5.91 Å². The molecule has 0 radical (unpaired) electrons. The van der Waals surface area contributed by atoms with Crippen LogP contribution in [0.2, 0.25) is 0 Å². The van der Waals surface area contributed by atoms with Crippen molar-refractivity contribution in [3.8, 4) is 0 Å². The summed E-state index contributed by atoms with van der Waals surface area (Å²) in [4.78, 5) is 25.8. The molecule has 0 saturated carbocycles. The van der Waals surface area contributed by atoms with Crippen LogP contribution in [0.15, 0.2) is 36.5 Å². The highest BCUT2D eigenvalue weighted by atomic mass is 19.4. The summed E-state index contributed by atoms with van der Waals surface area (Å²) in [6, 6.07) is 7.99. The van der Waals surface area contributed by atoms with E-state index >= 15 is 0 Å². The maximum Gasteiger partial charge on any atom is 0.405 e. The van der Waals surface area contributed by atoms with E-state index in [1.807, 2.05) is 0 Å². The third-order valence-corrected chi connectivity index (χ3v) is 4.90. The zero-order chi connectivity index (χ0) is 22.3. The second kappa shape index (κ2) is 7.56. The molecule has 0 atom stereocenters. The van der Waals surface area contributed by atoms with Crippen molar-refractivity contribution in [1.29, 1.82) is 0 Å². The van der Waals surface area contributed by atoms with Gasteiger partial charge in [-0.1, -0.05) is 12.1 Å². The Morgan fingerprint density at radius 2 is 2.03 bits per heavy atom. The lowest BCUT2D eigenvalue weighted by atomic mass is 10.1. The minimum Gasteiger partial charge on any atom is -0.355 e. The molecule has 2 heterocycles. The highest BCUT2D eigenvalue weighted by Gasteiger charge is 2.33. The van der Waals surface area contributed by atoms with Crippen LogP contribution in [-0.4, -0.2) is 45.8 Å². The van der Waals surface area contributed by atoms with Crippen LogP contribution in [0.1, 0.15) is 15.9 Å². The van der Waals surface area contributed by atoms with Crippen molar-refractivity contribution in [2.45, 2.75) is 12.7 Å². The number of benzene rings is 2. The lowest BCUT2D eigenvalue weighted by molar-refractivity contribution is -0.138. The number of aromatic nitrogens is 2. The standard InChI is InChI=1S/C20H17F4N5O2/c1-28-18-12(7-26-28)5-13(6-14(18)21)27-15-4-2-3-11-8-29(19(31)17(11)15)9-16(30)25-10-20(22,23)24/h2-7,27H,8-10H2,1H3,(H,25,30). The number of fused-ring (bicyclic) bond motifs is 2. The van der Waals surface area contributed by atoms with E-state index in [4.69, 9.17) is 0 Å². The van der Waals surface area contributed by atoms with E-state index in [0.717, 1.165) is 4.90 Å². The Morgan fingerprint density at radius 3 is 2.77 bits per heavy atom. The fourth-order valence-electron chi connectivity index (χ4n) is 3.57. The van der Waals surface area contributed by atoms with Crippen LogP contribution >= 0.6 is 0 Å². The van der Waals surface area contributed by atoms with Gasteiger partial charge in [-0.2, -0.15) is 18.3 Å². The molecule has 4 rings (SSSR count). The van der Waals surface area contributed by atoms with Crippen LogP contribution in [-0.2, 0) is 18.4 Å². The number of carbonyl (C=O) groups excluding carboxylic acids is 2. The smallest absolute Gasteiger partial charge is 0.355 e. The summed E-state index contributed by atoms with van der Waals surface area (Å²) < 4.78 is 52.7. The first-order chi connectivity index (χ1) is 14.6. The molecule has 7 nitrogen and oxygen atoms in total. The molecule has 0 aliphatic carbocycles. The first kappa shape index (κ1) is 20.6. The lowest BCUT2D eigenvalue weighted by Gasteiger charge is -2.16. The molecule has 162 valence electrons. The Kier molecular flexibility index (Phi) is 5.03. The second-order valence-electron chi connectivity index (χ2n) is 7.18. The fourth-order valence-corrected chi connectivity index (χ4v) is 3.57. The molecule has 1 aliphatic heterocycles. The first-order valence-electron chi connectivity index (χ1n) is 9.25. The van der Waals surface area contributed by atoms with Gasteiger partial charge in [0.2, 0.25) is 5.91 Å². The summed E-state index contributed by atoms with van der Waals surface area (Å²) in [6.45, 7) is -1.88. The van der Waals surface area contributed by atoms with Crippen molar-refractivity contribution >= 4 is 34.1 Å². The van der Waals surface area contributed by atoms with E-state index < -0.39 is 36.9 Å². The average Bonchev–Trinajstić information content (AvgIpc) is 3.21. The van der Waals surface area contributed by atoms with Crippen molar-refractivity contribution in [3.63, 3.8) is 0 Å². The maximum atomic E-state index is 14.5. The van der Waals surface area contributed by atoms with E-state index in [1.54, 1.807) is 36.6 Å². The number of nitrogens with zero attached hydrogens (tertiary/aromatic N) is 3. The van der Waals surface area contributed by atoms with Crippen LogP contribution < -0.4 is 10.6 Å². The first-order valence-corrected chi connectivity index (χ1v) is 9.25. The monoisotopic (exact) mass is 435 g/mol. The molecule has 3 aromatic rings. The minimum atomic E-state index is -4.53. The number of amides is 2. The zero-order valence-corrected chi connectivity index (χ0v) is 16.3. The predicted octanol–water partition coefficient (Wildman–Crippen LogP) is 3.09. The van der Waals surface area contributed by atoms with E-state index in [1.165, 1.54) is 16.9 Å². The van der Waals surface area contributed by atoms with Crippen LogP contribution in [0, 0.1) is 5.82 Å². The van der Waals surface area contributed by atoms with Gasteiger partial charge in [-0.15, -0.1) is 0 Å². The van der Waals surface area contributed by atoms with Crippen LogP contribution in [0.4, 0.5) is 28.9 Å². The largest absolute Gasteiger partial charge is 0.405 e. The highest BCUT2D eigenvalue weighted by Crippen LogP contribution is 2.32. The summed E-state index contributed by atoms with van der Waals surface area (Å²) in [6.07, 6.45) is -3.01. The molecule has 0 bridgehead atoms. The van der Waals surface area contributed by atoms with Gasteiger partial charge < -0.3 is 15.5 Å². The Hall–Kier alpha value is -3.63. The molecule has 2 amide bonds. The van der Waals surface area contributed by atoms with Gasteiger partial charge in [0.1, 0.15) is 18.6 Å². The molecule has 2 N–H and O–H groups in total. The molecule has 1 aliphatic rings. The molecule has 31 heavy (non-hydrogen) atoms. The van der Waals surface area contributed by atoms with Crippen molar-refractivity contribution in [3.05, 3.63) is 53.5 Å². The number of aryl methyl sites for hydroxylation is 1. The van der Waals surface area contributed by atoms with Gasteiger partial charge in [-0.25, -0.2) is 4.39 Å². The Bertz CT molecular complexity index is 1190. The number of hydrogen-bond acceptors (Lipinski definition) is 4. The molecule has 11 heteroatoms. The maximum absolute atomic E-state index is 14.5. The third kappa shape index (κ3) is 4.16. The molecule has 0 spiro atoms. The number of alkyl halides is 3. The number of carbonyl (C=O) groups is 2. The van der Waals surface area contributed by atoms with Crippen molar-refractivity contribution < 1.29 is 27.2 Å². The summed E-state index contributed by atoms with van der Waals surface area (Å²) >= 11 is 0. The van der Waals surface area contributed by atoms with Gasteiger partial charge in [0.05, 0.1) is 17.4 Å². The van der Waals surface area contributed by atoms with E-state index in [9.17, 15) is 27.2 Å². The van der Waals surface area contributed by atoms with Gasteiger partial charge in [-0.3, -0.25) is 14.3 Å². The average molecular weight is 435 g/mol. The molecule has 2 aromatic carbocycles. The number of hydrogen-bond donors (Lipinski definition) is 2. The van der Waals surface area contributed by atoms with Gasteiger partial charge >= 0.3 is 6.18 Å². The quantitative estimate of drug-likeness (QED) is 0.604. The van der Waals surface area contributed by atoms with Crippen LogP contribution in [0.5, 0.6) is 0 Å².